The number of rotatable bonds is 9. The van der Waals surface area contributed by atoms with E-state index in [1.165, 1.54) is 0 Å². The van der Waals surface area contributed by atoms with Crippen LogP contribution in [0.3, 0.4) is 0 Å². The second-order valence-corrected chi connectivity index (χ2v) is 5.30. The first-order valence-corrected chi connectivity index (χ1v) is 6.71. The smallest absolute Gasteiger partial charge is 0.190 e. The predicted molar refractivity (Wildman–Crippen MR) is 54.1 cm³/mol. The van der Waals surface area contributed by atoms with E-state index in [1.54, 1.807) is 0 Å². The van der Waals surface area contributed by atoms with Gasteiger partial charge in [-0.25, -0.2) is 0 Å². The summed E-state index contributed by atoms with van der Waals surface area (Å²) in [5.74, 6) is 0. The predicted octanol–water partition coefficient (Wildman–Crippen LogP) is 3.56. The maximum absolute atomic E-state index is 12.8. The second-order valence-electron chi connectivity index (χ2n) is 3.67. The lowest BCUT2D eigenvalue weighted by atomic mass is 10.1. The van der Waals surface area contributed by atoms with Gasteiger partial charge in [-0.3, -0.25) is 0 Å². The van der Waals surface area contributed by atoms with E-state index in [1.807, 2.05) is 6.92 Å². The van der Waals surface area contributed by atoms with Crippen LogP contribution in [-0.4, -0.2) is 13.7 Å². The Kier molecular flexibility index (Phi) is 6.98. The minimum absolute atomic E-state index is 0.0410. The summed E-state index contributed by atoms with van der Waals surface area (Å²) in [6, 6.07) is 0. The molecule has 0 rings (SSSR count). The number of alkyl halides is 2. The molecule has 0 aromatic carbocycles. The molecule has 0 fully saturated rings. The van der Waals surface area contributed by atoms with Gasteiger partial charge in [0.05, 0.1) is 0 Å². The van der Waals surface area contributed by atoms with Crippen LogP contribution in [0.4, 0.5) is 13.3 Å². The zero-order valence-electron chi connectivity index (χ0n) is 9.22. The SMILES string of the molecule is CCCCCCCCC(F)(F)S(=O)(=O)OF. The lowest BCUT2D eigenvalue weighted by Crippen LogP contribution is -2.28. The van der Waals surface area contributed by atoms with E-state index in [4.69, 9.17) is 0 Å². The highest BCUT2D eigenvalue weighted by molar-refractivity contribution is 7.87. The molecule has 0 aliphatic rings. The fourth-order valence-electron chi connectivity index (χ4n) is 1.28. The topological polar surface area (TPSA) is 43.4 Å². The highest BCUT2D eigenvalue weighted by Gasteiger charge is 2.46. The molecule has 0 heterocycles. The highest BCUT2D eigenvalue weighted by Crippen LogP contribution is 2.29. The van der Waals surface area contributed by atoms with Crippen LogP contribution in [0, 0.1) is 0 Å². The summed E-state index contributed by atoms with van der Waals surface area (Å²) in [7, 11) is -5.40. The van der Waals surface area contributed by atoms with Crippen LogP contribution < -0.4 is 0 Å². The summed E-state index contributed by atoms with van der Waals surface area (Å²) < 4.78 is 60.2. The van der Waals surface area contributed by atoms with Crippen molar-refractivity contribution >= 4 is 10.1 Å². The third-order valence-corrected chi connectivity index (χ3v) is 3.37. The monoisotopic (exact) mass is 262 g/mol. The Morgan fingerprint density at radius 3 is 2.06 bits per heavy atom. The summed E-state index contributed by atoms with van der Waals surface area (Å²) in [6.07, 6.45) is 3.44. The average molecular weight is 262 g/mol. The summed E-state index contributed by atoms with van der Waals surface area (Å²) in [5.41, 5.74) is 0. The summed E-state index contributed by atoms with van der Waals surface area (Å²) >= 11 is 0. The van der Waals surface area contributed by atoms with E-state index in [-0.39, 0.29) is 6.42 Å². The molecule has 0 aromatic heterocycles. The van der Waals surface area contributed by atoms with Crippen molar-refractivity contribution in [2.45, 2.75) is 57.1 Å². The van der Waals surface area contributed by atoms with Crippen molar-refractivity contribution in [2.24, 2.45) is 0 Å². The van der Waals surface area contributed by atoms with Crippen molar-refractivity contribution in [1.29, 1.82) is 0 Å². The molecule has 0 aliphatic carbocycles. The Morgan fingerprint density at radius 2 is 1.56 bits per heavy atom. The molecule has 0 saturated carbocycles. The van der Waals surface area contributed by atoms with Gasteiger partial charge in [0.15, 0.2) is 0 Å². The number of unbranched alkanes of at least 4 members (excludes halogenated alkanes) is 5. The molecular formula is C9H17F3O3S. The third kappa shape index (κ3) is 5.16. The standard InChI is InChI=1S/C9H17F3O3S/c1-2-3-4-5-6-7-8-9(10,11)16(13,14)15-12/h2-8H2,1H3. The lowest BCUT2D eigenvalue weighted by Gasteiger charge is -2.12. The van der Waals surface area contributed by atoms with Crippen LogP contribution in [0.1, 0.15) is 51.9 Å². The fourth-order valence-corrected chi connectivity index (χ4v) is 1.77. The second kappa shape index (κ2) is 7.11. The largest absolute Gasteiger partial charge is 0.372 e. The van der Waals surface area contributed by atoms with Gasteiger partial charge in [0.2, 0.25) is 0 Å². The van der Waals surface area contributed by atoms with Gasteiger partial charge in [0.25, 0.3) is 0 Å². The average Bonchev–Trinajstić information content (AvgIpc) is 2.23. The first-order chi connectivity index (χ1) is 7.37. The maximum atomic E-state index is 12.8. The van der Waals surface area contributed by atoms with Crippen molar-refractivity contribution in [3.8, 4) is 0 Å². The van der Waals surface area contributed by atoms with Crippen LogP contribution in [0.25, 0.3) is 0 Å². The van der Waals surface area contributed by atoms with Gasteiger partial charge >= 0.3 is 15.4 Å². The Morgan fingerprint density at radius 1 is 1.06 bits per heavy atom. The van der Waals surface area contributed by atoms with Gasteiger partial charge in [-0.2, -0.15) is 17.2 Å². The molecule has 0 unspecified atom stereocenters. The van der Waals surface area contributed by atoms with Gasteiger partial charge in [-0.1, -0.05) is 43.4 Å². The van der Waals surface area contributed by atoms with Crippen molar-refractivity contribution in [2.75, 3.05) is 0 Å². The van der Waals surface area contributed by atoms with Crippen LogP contribution in [-0.2, 0) is 14.5 Å². The first-order valence-electron chi connectivity index (χ1n) is 5.30. The van der Waals surface area contributed by atoms with E-state index >= 15 is 0 Å². The van der Waals surface area contributed by atoms with Gasteiger partial charge in [-0.15, -0.1) is 0 Å². The number of hydrogen-bond acceptors (Lipinski definition) is 3. The zero-order valence-corrected chi connectivity index (χ0v) is 10.0. The molecule has 3 nitrogen and oxygen atoms in total. The Bertz CT molecular complexity index is 278. The van der Waals surface area contributed by atoms with E-state index < -0.39 is 21.8 Å². The summed E-state index contributed by atoms with van der Waals surface area (Å²) in [4.78, 5) is 0. The molecule has 0 saturated heterocycles. The molecule has 0 N–H and O–H groups in total. The van der Waals surface area contributed by atoms with Crippen molar-refractivity contribution in [3.05, 3.63) is 0 Å². The maximum Gasteiger partial charge on any atom is 0.372 e. The van der Waals surface area contributed by atoms with Crippen molar-refractivity contribution in [1.82, 2.24) is 0 Å². The number of hydrogen-bond donors (Lipinski definition) is 0. The van der Waals surface area contributed by atoms with Crippen LogP contribution in [0.5, 0.6) is 0 Å². The van der Waals surface area contributed by atoms with Gasteiger partial charge < -0.3 is 0 Å². The van der Waals surface area contributed by atoms with E-state index in [0.717, 1.165) is 25.7 Å². The minimum Gasteiger partial charge on any atom is -0.190 e. The van der Waals surface area contributed by atoms with Gasteiger partial charge in [0.1, 0.15) is 0 Å². The fraction of sp³-hybridized carbons (Fsp3) is 1.00. The minimum atomic E-state index is -5.40. The molecule has 16 heavy (non-hydrogen) atoms. The Hall–Kier alpha value is -0.300. The zero-order chi connectivity index (χ0) is 12.7. The Balaban J connectivity index is 3.84. The highest BCUT2D eigenvalue weighted by atomic mass is 32.2. The van der Waals surface area contributed by atoms with Crippen LogP contribution in [0.15, 0.2) is 0 Å². The summed E-state index contributed by atoms with van der Waals surface area (Å²) in [5, 5.41) is -4.13. The first kappa shape index (κ1) is 15.7. The molecular weight excluding hydrogens is 245 g/mol. The van der Waals surface area contributed by atoms with Crippen molar-refractivity contribution in [3.63, 3.8) is 0 Å². The molecule has 0 atom stereocenters. The van der Waals surface area contributed by atoms with Crippen LogP contribution in [0.2, 0.25) is 0 Å². The Labute approximate surface area is 94.0 Å². The lowest BCUT2D eigenvalue weighted by molar-refractivity contribution is -0.0300. The molecule has 98 valence electrons. The van der Waals surface area contributed by atoms with E-state index in [9.17, 15) is 21.7 Å². The normalized spacial score (nSPS) is 13.0. The molecule has 0 spiro atoms. The molecule has 0 bridgehead atoms. The number of halogens is 3. The van der Waals surface area contributed by atoms with Crippen LogP contribution >= 0.6 is 0 Å². The quantitative estimate of drug-likeness (QED) is 0.597. The third-order valence-electron chi connectivity index (χ3n) is 2.27. The van der Waals surface area contributed by atoms with E-state index in [0.29, 0.717) is 6.42 Å². The van der Waals surface area contributed by atoms with Crippen molar-refractivity contribution < 1.29 is 26.1 Å². The van der Waals surface area contributed by atoms with Gasteiger partial charge in [-0.05, 0) is 10.9 Å². The summed E-state index contributed by atoms with van der Waals surface area (Å²) in [6.45, 7) is 2.03. The van der Waals surface area contributed by atoms with Gasteiger partial charge in [0, 0.05) is 6.42 Å². The molecule has 0 aliphatic heterocycles. The molecule has 7 heteroatoms. The molecule has 0 aromatic rings. The van der Waals surface area contributed by atoms with E-state index in [2.05, 4.69) is 4.39 Å². The molecule has 0 radical (unpaired) electrons. The molecule has 0 amide bonds.